The minimum absolute atomic E-state index is 0.0241. The van der Waals surface area contributed by atoms with Crippen molar-refractivity contribution >= 4 is 44.6 Å². The minimum Gasteiger partial charge on any atom is -0.460 e. The van der Waals surface area contributed by atoms with Crippen molar-refractivity contribution in [1.82, 2.24) is 9.97 Å². The Bertz CT molecular complexity index is 1240. The van der Waals surface area contributed by atoms with E-state index >= 15 is 0 Å². The van der Waals surface area contributed by atoms with E-state index in [9.17, 15) is 8.42 Å². The first-order valence-corrected chi connectivity index (χ1v) is 13.2. The predicted molar refractivity (Wildman–Crippen MR) is 129 cm³/mol. The smallest absolute Gasteiger partial charge is 0.318 e. The number of benzene rings is 2. The number of hydrogen-bond acceptors (Lipinski definition) is 5. The molecule has 0 atom stereocenters. The van der Waals surface area contributed by atoms with Gasteiger partial charge in [0.15, 0.2) is 14.9 Å². The van der Waals surface area contributed by atoms with E-state index in [2.05, 4.69) is 9.97 Å². The molecule has 0 radical (unpaired) electrons. The highest BCUT2D eigenvalue weighted by Gasteiger charge is 2.27. The normalized spacial score (nSPS) is 15.0. The molecule has 4 rings (SSSR count). The van der Waals surface area contributed by atoms with Crippen molar-refractivity contribution in [2.75, 3.05) is 6.26 Å². The maximum Gasteiger partial charge on any atom is 0.318 e. The zero-order valence-corrected chi connectivity index (χ0v) is 20.4. The molecule has 9 heteroatoms. The van der Waals surface area contributed by atoms with Crippen LogP contribution in [0, 0.1) is 0 Å². The highest BCUT2D eigenvalue weighted by molar-refractivity contribution is 7.90. The first-order chi connectivity index (χ1) is 15.2. The van der Waals surface area contributed by atoms with Gasteiger partial charge in [-0.3, -0.25) is 0 Å². The molecule has 1 aromatic heterocycles. The van der Waals surface area contributed by atoms with Crippen LogP contribution in [0.2, 0.25) is 15.1 Å². The van der Waals surface area contributed by atoms with Gasteiger partial charge in [0.2, 0.25) is 0 Å². The molecule has 2 aromatic carbocycles. The predicted octanol–water partition coefficient (Wildman–Crippen LogP) is 6.89. The Balaban J connectivity index is 1.98. The van der Waals surface area contributed by atoms with Crippen molar-refractivity contribution in [1.29, 1.82) is 0 Å². The second kappa shape index (κ2) is 9.56. The molecule has 32 heavy (non-hydrogen) atoms. The van der Waals surface area contributed by atoms with Crippen LogP contribution < -0.4 is 4.74 Å². The molecule has 0 saturated heterocycles. The third-order valence-corrected chi connectivity index (χ3v) is 7.15. The summed E-state index contributed by atoms with van der Waals surface area (Å²) in [6.07, 6.45) is 6.11. The Morgan fingerprint density at radius 2 is 1.56 bits per heavy atom. The summed E-state index contributed by atoms with van der Waals surface area (Å²) in [6, 6.07) is 11.8. The average Bonchev–Trinajstić information content (AvgIpc) is 2.74. The first kappa shape index (κ1) is 23.3. The molecule has 0 aliphatic heterocycles. The van der Waals surface area contributed by atoms with Gasteiger partial charge in [0.05, 0.1) is 10.7 Å². The third kappa shape index (κ3) is 5.20. The lowest BCUT2D eigenvalue weighted by Crippen LogP contribution is -2.21. The largest absolute Gasteiger partial charge is 0.460 e. The maximum absolute atomic E-state index is 12.8. The molecule has 5 nitrogen and oxygen atoms in total. The van der Waals surface area contributed by atoms with E-state index in [1.165, 1.54) is 0 Å². The Labute approximate surface area is 202 Å². The van der Waals surface area contributed by atoms with Crippen LogP contribution in [-0.4, -0.2) is 30.7 Å². The summed E-state index contributed by atoms with van der Waals surface area (Å²) in [4.78, 5) is 8.99. The van der Waals surface area contributed by atoms with E-state index in [0.717, 1.165) is 38.4 Å². The van der Waals surface area contributed by atoms with Crippen LogP contribution in [0.25, 0.3) is 22.4 Å². The monoisotopic (exact) mass is 510 g/mol. The van der Waals surface area contributed by atoms with Gasteiger partial charge >= 0.3 is 6.01 Å². The first-order valence-electron chi connectivity index (χ1n) is 10.2. The van der Waals surface area contributed by atoms with E-state index in [4.69, 9.17) is 39.5 Å². The number of rotatable bonds is 5. The van der Waals surface area contributed by atoms with E-state index < -0.39 is 9.84 Å². The molecule has 1 fully saturated rings. The Morgan fingerprint density at radius 3 is 2.19 bits per heavy atom. The van der Waals surface area contributed by atoms with E-state index in [1.807, 2.05) is 0 Å². The van der Waals surface area contributed by atoms with Gasteiger partial charge in [-0.15, -0.1) is 0 Å². The highest BCUT2D eigenvalue weighted by atomic mass is 35.5. The summed E-state index contributed by atoms with van der Waals surface area (Å²) >= 11 is 18.7. The van der Waals surface area contributed by atoms with Gasteiger partial charge in [-0.2, -0.15) is 9.97 Å². The van der Waals surface area contributed by atoms with Gasteiger partial charge in [0, 0.05) is 27.4 Å². The number of ether oxygens (including phenoxy) is 1. The fourth-order valence-corrected chi connectivity index (χ4v) is 5.28. The molecule has 0 unspecified atom stereocenters. The van der Waals surface area contributed by atoms with Crippen molar-refractivity contribution in [3.63, 3.8) is 0 Å². The van der Waals surface area contributed by atoms with Crippen molar-refractivity contribution in [3.8, 4) is 28.4 Å². The van der Waals surface area contributed by atoms with Crippen molar-refractivity contribution in [3.05, 3.63) is 57.5 Å². The van der Waals surface area contributed by atoms with Crippen LogP contribution in [0.15, 0.2) is 47.5 Å². The molecule has 168 valence electrons. The minimum atomic E-state index is -3.74. The maximum atomic E-state index is 12.8. The van der Waals surface area contributed by atoms with E-state index in [1.54, 1.807) is 42.5 Å². The van der Waals surface area contributed by atoms with Crippen LogP contribution in [0.1, 0.15) is 32.1 Å². The lowest BCUT2D eigenvalue weighted by molar-refractivity contribution is 0.141. The quantitative estimate of drug-likeness (QED) is 0.349. The molecular formula is C23H21Cl3N2O3S. The van der Waals surface area contributed by atoms with Crippen LogP contribution in [-0.2, 0) is 9.84 Å². The lowest BCUT2D eigenvalue weighted by Gasteiger charge is -2.23. The van der Waals surface area contributed by atoms with Gasteiger partial charge in [-0.05, 0) is 61.6 Å². The molecule has 1 heterocycles. The third-order valence-electron chi connectivity index (χ3n) is 5.35. The molecule has 1 aliphatic rings. The van der Waals surface area contributed by atoms with Gasteiger partial charge in [-0.1, -0.05) is 53.4 Å². The fraction of sp³-hybridized carbons (Fsp3) is 0.304. The molecule has 0 amide bonds. The fourth-order valence-electron chi connectivity index (χ4n) is 3.83. The Morgan fingerprint density at radius 1 is 0.906 bits per heavy atom. The summed E-state index contributed by atoms with van der Waals surface area (Å²) < 4.78 is 31.7. The van der Waals surface area contributed by atoms with Crippen LogP contribution >= 0.6 is 34.8 Å². The van der Waals surface area contributed by atoms with Crippen LogP contribution in [0.3, 0.4) is 0 Å². The molecule has 1 saturated carbocycles. The lowest BCUT2D eigenvalue weighted by atomic mass is 9.98. The zero-order chi connectivity index (χ0) is 22.9. The molecule has 3 aromatic rings. The molecule has 1 aliphatic carbocycles. The summed E-state index contributed by atoms with van der Waals surface area (Å²) in [5.41, 5.74) is 1.82. The standard InChI is InChI=1S/C23H21Cl3N2O3S/c1-32(29,30)22-20(14-7-9-15(24)10-8-14)21(18-12-11-16(25)13-19(18)26)27-23(28-22)31-17-5-3-2-4-6-17/h7-13,17H,2-6H2,1H3. The molecular weight excluding hydrogens is 491 g/mol. The second-order valence-electron chi connectivity index (χ2n) is 7.82. The highest BCUT2D eigenvalue weighted by Crippen LogP contribution is 2.40. The molecule has 0 N–H and O–H groups in total. The van der Waals surface area contributed by atoms with Gasteiger partial charge in [0.25, 0.3) is 0 Å². The van der Waals surface area contributed by atoms with Gasteiger partial charge in [0.1, 0.15) is 6.10 Å². The zero-order valence-electron chi connectivity index (χ0n) is 17.3. The van der Waals surface area contributed by atoms with Crippen LogP contribution in [0.5, 0.6) is 6.01 Å². The average molecular weight is 512 g/mol. The second-order valence-corrected chi connectivity index (χ2v) is 11.0. The van der Waals surface area contributed by atoms with Crippen molar-refractivity contribution < 1.29 is 13.2 Å². The van der Waals surface area contributed by atoms with E-state index in [0.29, 0.717) is 37.5 Å². The van der Waals surface area contributed by atoms with Gasteiger partial charge < -0.3 is 4.74 Å². The van der Waals surface area contributed by atoms with Crippen LogP contribution in [0.4, 0.5) is 0 Å². The number of hydrogen-bond donors (Lipinski definition) is 0. The molecule has 0 spiro atoms. The summed E-state index contributed by atoms with van der Waals surface area (Å²) in [6.45, 7) is 0. The topological polar surface area (TPSA) is 69.2 Å². The summed E-state index contributed by atoms with van der Waals surface area (Å²) in [5.74, 6) is 0. The Kier molecular flexibility index (Phi) is 6.96. The SMILES string of the molecule is CS(=O)(=O)c1nc(OC2CCCCC2)nc(-c2ccc(Cl)cc2Cl)c1-c1ccc(Cl)cc1. The van der Waals surface area contributed by atoms with E-state index in [-0.39, 0.29) is 17.1 Å². The summed E-state index contributed by atoms with van der Waals surface area (Å²) in [5, 5.41) is 1.21. The van der Waals surface area contributed by atoms with Crippen molar-refractivity contribution in [2.45, 2.75) is 43.2 Å². The number of sulfone groups is 1. The summed E-state index contributed by atoms with van der Waals surface area (Å²) in [7, 11) is -3.74. The number of halogens is 3. The number of aromatic nitrogens is 2. The van der Waals surface area contributed by atoms with Crippen molar-refractivity contribution in [2.24, 2.45) is 0 Å². The molecule has 0 bridgehead atoms. The number of nitrogens with zero attached hydrogens (tertiary/aromatic N) is 2. The Hall–Kier alpha value is -1.86. The van der Waals surface area contributed by atoms with Gasteiger partial charge in [-0.25, -0.2) is 8.42 Å².